The Hall–Kier alpha value is -1.59. The maximum atomic E-state index is 13.0. The molecule has 0 amide bonds. The molecule has 0 radical (unpaired) electrons. The van der Waals surface area contributed by atoms with E-state index in [-0.39, 0.29) is 0 Å². The van der Waals surface area contributed by atoms with E-state index in [4.69, 9.17) is 9.47 Å². The molecule has 26 heavy (non-hydrogen) atoms. The molecule has 1 aliphatic rings. The van der Waals surface area contributed by atoms with Crippen molar-refractivity contribution in [1.82, 2.24) is 10.2 Å². The summed E-state index contributed by atoms with van der Waals surface area (Å²) in [6.07, 6.45) is 11.4. The van der Waals surface area contributed by atoms with E-state index < -0.39 is 6.17 Å². The fraction of sp³-hybridized carbons (Fsp3) is 0.619. The molecule has 0 aromatic heterocycles. The van der Waals surface area contributed by atoms with Gasteiger partial charge in [0.15, 0.2) is 11.5 Å². The summed E-state index contributed by atoms with van der Waals surface area (Å²) in [4.78, 5) is 2.35. The van der Waals surface area contributed by atoms with E-state index in [9.17, 15) is 4.39 Å². The lowest BCUT2D eigenvalue weighted by Gasteiger charge is -2.20. The van der Waals surface area contributed by atoms with Crippen LogP contribution in [0.1, 0.15) is 33.1 Å². The van der Waals surface area contributed by atoms with Gasteiger partial charge in [-0.15, -0.1) is 0 Å². The summed E-state index contributed by atoms with van der Waals surface area (Å²) in [6.45, 7) is 8.81. The molecule has 0 aliphatic heterocycles. The molecule has 0 heterocycles. The van der Waals surface area contributed by atoms with Gasteiger partial charge in [0.05, 0.1) is 14.2 Å². The van der Waals surface area contributed by atoms with Crippen LogP contribution in [0.25, 0.3) is 0 Å². The van der Waals surface area contributed by atoms with E-state index in [1.165, 1.54) is 5.57 Å². The number of nitrogens with one attached hydrogen (secondary N) is 1. The molecule has 1 rings (SSSR count). The summed E-state index contributed by atoms with van der Waals surface area (Å²) < 4.78 is 23.7. The molecular weight excluding hydrogens is 331 g/mol. The first-order valence-electron chi connectivity index (χ1n) is 9.53. The van der Waals surface area contributed by atoms with Crippen molar-refractivity contribution in [3.63, 3.8) is 0 Å². The zero-order valence-electron chi connectivity index (χ0n) is 16.8. The van der Waals surface area contributed by atoms with Crippen LogP contribution in [0.4, 0.5) is 4.39 Å². The number of hydrogen-bond donors (Lipinski definition) is 1. The molecule has 4 nitrogen and oxygen atoms in total. The van der Waals surface area contributed by atoms with Gasteiger partial charge in [-0.1, -0.05) is 30.7 Å². The Morgan fingerprint density at radius 1 is 1.31 bits per heavy atom. The highest BCUT2D eigenvalue weighted by molar-refractivity contribution is 5.24. The Morgan fingerprint density at radius 3 is 2.65 bits per heavy atom. The number of likely N-dealkylation sites (N-methyl/N-ethyl adjacent to an activating group) is 1. The van der Waals surface area contributed by atoms with Gasteiger partial charge >= 0.3 is 0 Å². The lowest BCUT2D eigenvalue weighted by molar-refractivity contribution is 0.216. The molecule has 0 fully saturated rings. The molecule has 5 heteroatoms. The fourth-order valence-corrected chi connectivity index (χ4v) is 2.84. The normalized spacial score (nSPS) is 18.2. The van der Waals surface area contributed by atoms with Gasteiger partial charge < -0.3 is 14.8 Å². The SMILES string of the molecule is CC=C(OC)C(=CCN(CC)CCNCCCC1=CCC(F)C=C1)OC. The molecule has 0 saturated heterocycles. The number of alkyl halides is 1. The predicted molar refractivity (Wildman–Crippen MR) is 107 cm³/mol. The van der Waals surface area contributed by atoms with E-state index in [2.05, 4.69) is 23.2 Å². The standard InChI is InChI=1S/C21H35FN2O2/c1-5-20(25-3)21(26-4)13-16-24(6-2)17-15-23-14-7-8-18-9-11-19(22)12-10-18/h5,9-11,13,19,23H,6-8,12,14-17H2,1-4H3. The molecule has 1 atom stereocenters. The van der Waals surface area contributed by atoms with Gasteiger partial charge in [-0.3, -0.25) is 4.90 Å². The van der Waals surface area contributed by atoms with Gasteiger partial charge in [0.25, 0.3) is 0 Å². The summed E-state index contributed by atoms with van der Waals surface area (Å²) in [7, 11) is 3.32. The maximum absolute atomic E-state index is 13.0. The Morgan fingerprint density at radius 2 is 2.08 bits per heavy atom. The molecular formula is C21H35FN2O2. The van der Waals surface area contributed by atoms with Crippen LogP contribution in [0.15, 0.2) is 47.5 Å². The van der Waals surface area contributed by atoms with Crippen LogP contribution in [0.2, 0.25) is 0 Å². The third-order valence-electron chi connectivity index (χ3n) is 4.48. The third kappa shape index (κ3) is 8.68. The minimum atomic E-state index is -0.794. The third-order valence-corrected chi connectivity index (χ3v) is 4.48. The van der Waals surface area contributed by atoms with Crippen LogP contribution in [0.5, 0.6) is 0 Å². The molecule has 148 valence electrons. The highest BCUT2D eigenvalue weighted by atomic mass is 19.1. The second kappa shape index (κ2) is 13.6. The highest BCUT2D eigenvalue weighted by Gasteiger charge is 2.07. The van der Waals surface area contributed by atoms with Crippen LogP contribution < -0.4 is 5.32 Å². The van der Waals surface area contributed by atoms with E-state index in [0.29, 0.717) is 6.42 Å². The van der Waals surface area contributed by atoms with E-state index in [0.717, 1.165) is 57.1 Å². The molecule has 0 aromatic carbocycles. The van der Waals surface area contributed by atoms with Crippen molar-refractivity contribution in [2.45, 2.75) is 39.3 Å². The zero-order chi connectivity index (χ0) is 19.2. The molecule has 1 unspecified atom stereocenters. The van der Waals surface area contributed by atoms with Crippen LogP contribution in [0, 0.1) is 0 Å². The maximum Gasteiger partial charge on any atom is 0.157 e. The largest absolute Gasteiger partial charge is 0.493 e. The first-order valence-corrected chi connectivity index (χ1v) is 9.53. The van der Waals surface area contributed by atoms with Crippen molar-refractivity contribution in [1.29, 1.82) is 0 Å². The lowest BCUT2D eigenvalue weighted by atomic mass is 10.0. The van der Waals surface area contributed by atoms with Crippen molar-refractivity contribution in [3.05, 3.63) is 47.5 Å². The van der Waals surface area contributed by atoms with Gasteiger partial charge in [-0.2, -0.15) is 0 Å². The summed E-state index contributed by atoms with van der Waals surface area (Å²) in [5, 5.41) is 3.49. The minimum absolute atomic E-state index is 0.527. The van der Waals surface area contributed by atoms with Gasteiger partial charge in [0, 0.05) is 26.1 Å². The summed E-state index contributed by atoms with van der Waals surface area (Å²) in [6, 6.07) is 0. The van der Waals surface area contributed by atoms with Crippen LogP contribution in [-0.4, -0.2) is 58.0 Å². The monoisotopic (exact) mass is 366 g/mol. The zero-order valence-corrected chi connectivity index (χ0v) is 16.8. The van der Waals surface area contributed by atoms with Gasteiger partial charge in [-0.05, 0) is 45.0 Å². The van der Waals surface area contributed by atoms with Crippen LogP contribution >= 0.6 is 0 Å². The van der Waals surface area contributed by atoms with Crippen molar-refractivity contribution in [2.75, 3.05) is 46.9 Å². The number of ether oxygens (including phenoxy) is 2. The molecule has 0 saturated carbocycles. The van der Waals surface area contributed by atoms with E-state index in [1.807, 2.05) is 25.2 Å². The van der Waals surface area contributed by atoms with Crippen LogP contribution in [-0.2, 0) is 9.47 Å². The smallest absolute Gasteiger partial charge is 0.157 e. The first kappa shape index (κ1) is 22.5. The topological polar surface area (TPSA) is 33.7 Å². The average molecular weight is 367 g/mol. The van der Waals surface area contributed by atoms with Crippen molar-refractivity contribution in [3.8, 4) is 0 Å². The van der Waals surface area contributed by atoms with Crippen molar-refractivity contribution >= 4 is 0 Å². The fourth-order valence-electron chi connectivity index (χ4n) is 2.84. The summed E-state index contributed by atoms with van der Waals surface area (Å²) in [5.41, 5.74) is 1.26. The second-order valence-electron chi connectivity index (χ2n) is 6.27. The molecule has 0 bridgehead atoms. The Labute approximate surface area is 158 Å². The number of hydrogen-bond acceptors (Lipinski definition) is 4. The number of rotatable bonds is 13. The highest BCUT2D eigenvalue weighted by Crippen LogP contribution is 2.16. The minimum Gasteiger partial charge on any atom is -0.493 e. The molecule has 1 aliphatic carbocycles. The summed E-state index contributed by atoms with van der Waals surface area (Å²) in [5.74, 6) is 1.53. The average Bonchev–Trinajstić information content (AvgIpc) is 2.67. The molecule has 0 spiro atoms. The Balaban J connectivity index is 2.22. The van der Waals surface area contributed by atoms with Crippen LogP contribution in [0.3, 0.4) is 0 Å². The molecule has 0 aromatic rings. The van der Waals surface area contributed by atoms with Gasteiger partial charge in [-0.25, -0.2) is 4.39 Å². The Kier molecular flexibility index (Phi) is 11.7. The number of halogens is 1. The van der Waals surface area contributed by atoms with E-state index in [1.54, 1.807) is 20.3 Å². The lowest BCUT2D eigenvalue weighted by Crippen LogP contribution is -2.32. The second-order valence-corrected chi connectivity index (χ2v) is 6.27. The number of methoxy groups -OCH3 is 2. The van der Waals surface area contributed by atoms with Gasteiger partial charge in [0.2, 0.25) is 0 Å². The number of allylic oxidation sites excluding steroid dienone is 5. The van der Waals surface area contributed by atoms with Crippen molar-refractivity contribution < 1.29 is 13.9 Å². The van der Waals surface area contributed by atoms with Gasteiger partial charge in [0.1, 0.15) is 6.17 Å². The summed E-state index contributed by atoms with van der Waals surface area (Å²) >= 11 is 0. The van der Waals surface area contributed by atoms with Crippen molar-refractivity contribution in [2.24, 2.45) is 0 Å². The van der Waals surface area contributed by atoms with E-state index >= 15 is 0 Å². The first-order chi connectivity index (χ1) is 12.6. The predicted octanol–water partition coefficient (Wildman–Crippen LogP) is 3.98. The quantitative estimate of drug-likeness (QED) is 0.304. The number of nitrogens with zero attached hydrogens (tertiary/aromatic N) is 1. The molecule has 1 N–H and O–H groups in total. The Bertz CT molecular complexity index is 512.